The molecule has 0 spiro atoms. The minimum absolute atomic E-state index is 0.285. The van der Waals surface area contributed by atoms with Crippen molar-refractivity contribution in [2.75, 3.05) is 0 Å². The molecule has 0 saturated heterocycles. The quantitative estimate of drug-likeness (QED) is 0.503. The van der Waals surface area contributed by atoms with Gasteiger partial charge in [-0.05, 0) is 29.0 Å². The predicted molar refractivity (Wildman–Crippen MR) is 58.9 cm³/mol. The van der Waals surface area contributed by atoms with Crippen LogP contribution in [0.5, 0.6) is 0 Å². The second-order valence-electron chi connectivity index (χ2n) is 2.87. The summed E-state index contributed by atoms with van der Waals surface area (Å²) in [6.07, 6.45) is 0. The maximum Gasteiger partial charge on any atom is 0.489 e. The molecule has 2 rings (SSSR count). The summed E-state index contributed by atoms with van der Waals surface area (Å²) in [5.74, 6) is 0. The van der Waals surface area contributed by atoms with Gasteiger partial charge >= 0.3 is 7.12 Å². The molecule has 0 unspecified atom stereocenters. The summed E-state index contributed by atoms with van der Waals surface area (Å²) >= 11 is 5.06. The number of halogens is 1. The van der Waals surface area contributed by atoms with E-state index in [1.54, 1.807) is 6.07 Å². The fraction of sp³-hybridized carbons (Fsp3) is 0. The van der Waals surface area contributed by atoms with Crippen molar-refractivity contribution in [1.29, 1.82) is 0 Å². The fourth-order valence-corrected chi connectivity index (χ4v) is 2.55. The van der Waals surface area contributed by atoms with Crippen LogP contribution in [0.4, 0.5) is 4.39 Å². The van der Waals surface area contributed by atoms with Crippen molar-refractivity contribution in [3.63, 3.8) is 0 Å². The standard InChI is InChI=1S/C8H6BFO2S2/c10-8-3-5-6(9(11)12)1-4(13)2-7(5)14-8/h1-3,11-13H. The van der Waals surface area contributed by atoms with Crippen molar-refractivity contribution in [3.05, 3.63) is 23.3 Å². The average Bonchev–Trinajstić information content (AvgIpc) is 2.42. The summed E-state index contributed by atoms with van der Waals surface area (Å²) in [7, 11) is -1.60. The summed E-state index contributed by atoms with van der Waals surface area (Å²) in [4.78, 5) is 0.586. The highest BCUT2D eigenvalue weighted by Crippen LogP contribution is 2.25. The Morgan fingerprint density at radius 3 is 2.64 bits per heavy atom. The van der Waals surface area contributed by atoms with Crippen LogP contribution in [0.3, 0.4) is 0 Å². The van der Waals surface area contributed by atoms with E-state index in [1.807, 2.05) is 0 Å². The van der Waals surface area contributed by atoms with Gasteiger partial charge in [0.15, 0.2) is 5.13 Å². The van der Waals surface area contributed by atoms with E-state index in [-0.39, 0.29) is 10.6 Å². The van der Waals surface area contributed by atoms with Crippen molar-refractivity contribution in [2.45, 2.75) is 4.90 Å². The monoisotopic (exact) mass is 228 g/mol. The largest absolute Gasteiger partial charge is 0.489 e. The van der Waals surface area contributed by atoms with E-state index >= 15 is 0 Å². The van der Waals surface area contributed by atoms with Gasteiger partial charge in [0.25, 0.3) is 0 Å². The normalized spacial score (nSPS) is 10.9. The van der Waals surface area contributed by atoms with Crippen LogP contribution >= 0.6 is 24.0 Å². The molecule has 0 fully saturated rings. The van der Waals surface area contributed by atoms with Crippen molar-refractivity contribution >= 4 is 46.6 Å². The Bertz CT molecular complexity index is 483. The van der Waals surface area contributed by atoms with E-state index in [2.05, 4.69) is 12.6 Å². The molecule has 0 aliphatic carbocycles. The van der Waals surface area contributed by atoms with Crippen LogP contribution in [-0.2, 0) is 0 Å². The summed E-state index contributed by atoms with van der Waals surface area (Å²) < 4.78 is 13.6. The van der Waals surface area contributed by atoms with Crippen LogP contribution in [0, 0.1) is 5.13 Å². The van der Waals surface area contributed by atoms with Crippen LogP contribution in [0.25, 0.3) is 10.1 Å². The molecular formula is C8H6BFO2S2. The molecule has 14 heavy (non-hydrogen) atoms. The van der Waals surface area contributed by atoms with Crippen LogP contribution < -0.4 is 5.46 Å². The first-order valence-corrected chi connectivity index (χ1v) is 5.12. The van der Waals surface area contributed by atoms with Gasteiger partial charge in [0.1, 0.15) is 0 Å². The number of rotatable bonds is 1. The molecule has 0 saturated carbocycles. The summed E-state index contributed by atoms with van der Waals surface area (Å²) in [6.45, 7) is 0. The van der Waals surface area contributed by atoms with Gasteiger partial charge in [-0.1, -0.05) is 0 Å². The van der Waals surface area contributed by atoms with E-state index in [1.165, 1.54) is 12.1 Å². The Labute approximate surface area is 89.6 Å². The lowest BCUT2D eigenvalue weighted by Crippen LogP contribution is -2.30. The first kappa shape index (κ1) is 9.98. The zero-order chi connectivity index (χ0) is 10.3. The second kappa shape index (κ2) is 3.54. The van der Waals surface area contributed by atoms with Gasteiger partial charge in [-0.3, -0.25) is 0 Å². The predicted octanol–water partition coefficient (Wildman–Crippen LogP) is 1.01. The Morgan fingerprint density at radius 1 is 1.29 bits per heavy atom. The first-order valence-electron chi connectivity index (χ1n) is 3.86. The van der Waals surface area contributed by atoms with Crippen molar-refractivity contribution in [3.8, 4) is 0 Å². The molecule has 6 heteroatoms. The van der Waals surface area contributed by atoms with Gasteiger partial charge in [0.05, 0.1) is 0 Å². The number of benzene rings is 1. The molecule has 2 aromatic rings. The summed E-state index contributed by atoms with van der Waals surface area (Å²) in [6, 6.07) is 4.50. The van der Waals surface area contributed by atoms with Gasteiger partial charge in [0, 0.05) is 9.60 Å². The highest BCUT2D eigenvalue weighted by atomic mass is 32.1. The highest BCUT2D eigenvalue weighted by Gasteiger charge is 2.17. The highest BCUT2D eigenvalue weighted by molar-refractivity contribution is 7.80. The smallest absolute Gasteiger partial charge is 0.423 e. The SMILES string of the molecule is OB(O)c1cc(S)cc2sc(F)cc12. The molecular weight excluding hydrogens is 222 g/mol. The summed E-state index contributed by atoms with van der Waals surface area (Å²) in [5, 5.41) is 18.3. The minimum Gasteiger partial charge on any atom is -0.423 e. The zero-order valence-corrected chi connectivity index (χ0v) is 8.65. The zero-order valence-electron chi connectivity index (χ0n) is 6.94. The molecule has 1 aromatic carbocycles. The van der Waals surface area contributed by atoms with Crippen molar-refractivity contribution in [1.82, 2.24) is 0 Å². The van der Waals surface area contributed by atoms with Crippen molar-refractivity contribution < 1.29 is 14.4 Å². The third-order valence-electron chi connectivity index (χ3n) is 1.90. The number of hydrogen-bond acceptors (Lipinski definition) is 4. The van der Waals surface area contributed by atoms with E-state index in [4.69, 9.17) is 10.0 Å². The molecule has 2 nitrogen and oxygen atoms in total. The van der Waals surface area contributed by atoms with Crippen LogP contribution in [-0.4, -0.2) is 17.2 Å². The van der Waals surface area contributed by atoms with Gasteiger partial charge < -0.3 is 10.0 Å². The number of thiol groups is 1. The Hall–Kier alpha value is -0.555. The Morgan fingerprint density at radius 2 is 2.00 bits per heavy atom. The van der Waals surface area contributed by atoms with Gasteiger partial charge in [-0.25, -0.2) is 0 Å². The van der Waals surface area contributed by atoms with Crippen LogP contribution in [0.1, 0.15) is 0 Å². The third kappa shape index (κ3) is 1.66. The lowest BCUT2D eigenvalue weighted by molar-refractivity contribution is 0.426. The van der Waals surface area contributed by atoms with E-state index in [9.17, 15) is 4.39 Å². The van der Waals surface area contributed by atoms with E-state index in [0.717, 1.165) is 11.3 Å². The molecule has 72 valence electrons. The maximum absolute atomic E-state index is 12.9. The molecule has 0 aliphatic heterocycles. The molecule has 0 atom stereocenters. The molecule has 0 radical (unpaired) electrons. The van der Waals surface area contributed by atoms with Gasteiger partial charge in [-0.15, -0.1) is 24.0 Å². The fourth-order valence-electron chi connectivity index (χ4n) is 1.33. The first-order chi connectivity index (χ1) is 6.58. The second-order valence-corrected chi connectivity index (χ2v) is 4.42. The minimum atomic E-state index is -1.60. The van der Waals surface area contributed by atoms with Crippen LogP contribution in [0.2, 0.25) is 0 Å². The molecule has 0 bridgehead atoms. The maximum atomic E-state index is 12.9. The van der Waals surface area contributed by atoms with Crippen molar-refractivity contribution in [2.24, 2.45) is 0 Å². The Balaban J connectivity index is 2.79. The number of thiophene rings is 1. The van der Waals surface area contributed by atoms with Crippen LogP contribution in [0.15, 0.2) is 23.1 Å². The molecule has 1 aromatic heterocycles. The van der Waals surface area contributed by atoms with Gasteiger partial charge in [0.2, 0.25) is 0 Å². The topological polar surface area (TPSA) is 40.5 Å². The molecule has 0 amide bonds. The van der Waals surface area contributed by atoms with E-state index in [0.29, 0.717) is 15.0 Å². The molecule has 2 N–H and O–H groups in total. The lowest BCUT2D eigenvalue weighted by atomic mass is 9.78. The third-order valence-corrected chi connectivity index (χ3v) is 3.03. The molecule has 1 heterocycles. The summed E-state index contributed by atoms with van der Waals surface area (Å²) in [5.41, 5.74) is 0.285. The van der Waals surface area contributed by atoms with Gasteiger partial charge in [-0.2, -0.15) is 4.39 Å². The lowest BCUT2D eigenvalue weighted by Gasteiger charge is -2.02. The average molecular weight is 228 g/mol. The Kier molecular flexibility index (Phi) is 2.53. The van der Waals surface area contributed by atoms with E-state index < -0.39 is 7.12 Å². The number of hydrogen-bond donors (Lipinski definition) is 3. The molecule has 0 aliphatic rings. The number of fused-ring (bicyclic) bond motifs is 1.